The van der Waals surface area contributed by atoms with Crippen LogP contribution in [0.4, 0.5) is 11.4 Å². The molecule has 2 heterocycles. The van der Waals surface area contributed by atoms with E-state index < -0.39 is 0 Å². The van der Waals surface area contributed by atoms with E-state index in [-0.39, 0.29) is 6.04 Å². The number of aliphatic imine (C=N–C) groups is 1. The van der Waals surface area contributed by atoms with E-state index in [1.807, 2.05) is 55.9 Å². The average molecular weight is 445 g/mol. The molecule has 0 aliphatic carbocycles. The Hall–Kier alpha value is -3.94. The molecular weight excluding hydrogens is 416 g/mol. The number of fused-ring (bicyclic) bond motifs is 1. The molecule has 0 saturated heterocycles. The van der Waals surface area contributed by atoms with Crippen LogP contribution in [0.25, 0.3) is 22.3 Å². The smallest absolute Gasteiger partial charge is 0.124 e. The van der Waals surface area contributed by atoms with E-state index in [0.717, 1.165) is 45.2 Å². The van der Waals surface area contributed by atoms with Crippen molar-refractivity contribution in [1.29, 1.82) is 0 Å². The van der Waals surface area contributed by atoms with E-state index >= 15 is 0 Å². The van der Waals surface area contributed by atoms with E-state index in [4.69, 9.17) is 14.5 Å². The fourth-order valence-corrected chi connectivity index (χ4v) is 3.51. The van der Waals surface area contributed by atoms with Gasteiger partial charge in [0.05, 0.1) is 49.9 Å². The number of aromatic nitrogens is 4. The molecule has 8 nitrogen and oxygen atoms in total. The Labute approximate surface area is 193 Å². The van der Waals surface area contributed by atoms with Gasteiger partial charge in [0.15, 0.2) is 0 Å². The molecule has 0 unspecified atom stereocenters. The molecule has 2 aromatic carbocycles. The van der Waals surface area contributed by atoms with Crippen LogP contribution in [0, 0.1) is 0 Å². The van der Waals surface area contributed by atoms with Crippen LogP contribution in [0.1, 0.15) is 13.8 Å². The van der Waals surface area contributed by atoms with Gasteiger partial charge >= 0.3 is 0 Å². The number of rotatable bonds is 8. The highest BCUT2D eigenvalue weighted by atomic mass is 16.5. The van der Waals surface area contributed by atoms with Crippen LogP contribution in [0.5, 0.6) is 11.5 Å². The average Bonchev–Trinajstić information content (AvgIpc) is 3.26. The molecule has 0 aliphatic heterocycles. The van der Waals surface area contributed by atoms with Crippen LogP contribution in [0.15, 0.2) is 60.0 Å². The Morgan fingerprint density at radius 2 is 1.76 bits per heavy atom. The predicted octanol–water partition coefficient (Wildman–Crippen LogP) is 4.66. The van der Waals surface area contributed by atoms with Crippen molar-refractivity contribution in [2.24, 2.45) is 12.0 Å². The van der Waals surface area contributed by atoms with E-state index in [1.165, 1.54) is 0 Å². The number of methoxy groups -OCH3 is 2. The molecule has 0 N–H and O–H groups in total. The zero-order valence-corrected chi connectivity index (χ0v) is 19.6. The molecule has 0 saturated carbocycles. The minimum absolute atomic E-state index is 0.219. The van der Waals surface area contributed by atoms with Gasteiger partial charge in [-0.05, 0) is 32.0 Å². The number of anilines is 2. The first-order valence-electron chi connectivity index (χ1n) is 10.7. The number of ether oxygens (including phenoxy) is 2. The molecule has 33 heavy (non-hydrogen) atoms. The summed E-state index contributed by atoms with van der Waals surface area (Å²) in [4.78, 5) is 16.1. The van der Waals surface area contributed by atoms with Crippen molar-refractivity contribution in [3.05, 3.63) is 55.0 Å². The lowest BCUT2D eigenvalue weighted by molar-refractivity contribution is 0.394. The van der Waals surface area contributed by atoms with Crippen molar-refractivity contribution >= 4 is 28.6 Å². The van der Waals surface area contributed by atoms with E-state index in [9.17, 15) is 0 Å². The first-order chi connectivity index (χ1) is 16.0. The summed E-state index contributed by atoms with van der Waals surface area (Å²) >= 11 is 0. The molecule has 0 spiro atoms. The van der Waals surface area contributed by atoms with E-state index in [0.29, 0.717) is 6.54 Å². The molecule has 0 bridgehead atoms. The van der Waals surface area contributed by atoms with Crippen LogP contribution in [-0.2, 0) is 7.05 Å². The minimum atomic E-state index is 0.219. The number of hydrogen-bond donors (Lipinski definition) is 0. The molecule has 0 fully saturated rings. The molecule has 170 valence electrons. The summed E-state index contributed by atoms with van der Waals surface area (Å²) in [5.74, 6) is 1.43. The van der Waals surface area contributed by atoms with Crippen LogP contribution in [0.2, 0.25) is 0 Å². The zero-order chi connectivity index (χ0) is 23.4. The SMILES string of the molecule is COc1cc(OC)cc(N(CC=NC(C)C)c2ccc3ncc(-c4cnn(C)c4)nc3c2)c1. The van der Waals surface area contributed by atoms with Gasteiger partial charge < -0.3 is 14.4 Å². The van der Waals surface area contributed by atoms with Gasteiger partial charge in [0.2, 0.25) is 0 Å². The zero-order valence-electron chi connectivity index (χ0n) is 19.6. The maximum atomic E-state index is 5.49. The highest BCUT2D eigenvalue weighted by molar-refractivity contribution is 5.84. The quantitative estimate of drug-likeness (QED) is 0.368. The standard InChI is InChI=1S/C25H28N6O2/c1-17(2)26-8-9-31(20-10-21(32-4)13-22(11-20)33-5)19-6-7-23-24(12-19)29-25(15-27-23)18-14-28-30(3)16-18/h6-8,10-17H,9H2,1-5H3. The second-order valence-electron chi connectivity index (χ2n) is 7.94. The van der Waals surface area contributed by atoms with Crippen LogP contribution < -0.4 is 14.4 Å². The Kier molecular flexibility index (Phi) is 6.53. The molecule has 0 radical (unpaired) electrons. The number of benzene rings is 2. The number of nitrogens with zero attached hydrogens (tertiary/aromatic N) is 6. The highest BCUT2D eigenvalue weighted by Crippen LogP contribution is 2.33. The van der Waals surface area contributed by atoms with Crippen LogP contribution in [0.3, 0.4) is 0 Å². The Morgan fingerprint density at radius 3 is 2.39 bits per heavy atom. The third kappa shape index (κ3) is 5.11. The van der Waals surface area contributed by atoms with Gasteiger partial charge in [-0.1, -0.05) is 0 Å². The second-order valence-corrected chi connectivity index (χ2v) is 7.94. The van der Waals surface area contributed by atoms with Crippen LogP contribution >= 0.6 is 0 Å². The Balaban J connectivity index is 1.79. The van der Waals surface area contributed by atoms with Crippen molar-refractivity contribution in [3.8, 4) is 22.8 Å². The van der Waals surface area contributed by atoms with Crippen molar-refractivity contribution in [2.45, 2.75) is 19.9 Å². The van der Waals surface area contributed by atoms with Gasteiger partial charge in [0.1, 0.15) is 11.5 Å². The van der Waals surface area contributed by atoms with Gasteiger partial charge in [-0.25, -0.2) is 4.98 Å². The van der Waals surface area contributed by atoms with Crippen LogP contribution in [-0.4, -0.2) is 52.8 Å². The number of aryl methyl sites for hydroxylation is 1. The van der Waals surface area contributed by atoms with Crippen molar-refractivity contribution in [3.63, 3.8) is 0 Å². The van der Waals surface area contributed by atoms with Gasteiger partial charge in [0, 0.05) is 60.6 Å². The first-order valence-corrected chi connectivity index (χ1v) is 10.7. The third-order valence-electron chi connectivity index (χ3n) is 5.15. The summed E-state index contributed by atoms with van der Waals surface area (Å²) in [7, 11) is 5.18. The minimum Gasteiger partial charge on any atom is -0.497 e. The molecule has 0 atom stereocenters. The van der Waals surface area contributed by atoms with E-state index in [1.54, 1.807) is 31.3 Å². The van der Waals surface area contributed by atoms with Gasteiger partial charge in [-0.15, -0.1) is 0 Å². The fraction of sp³-hybridized carbons (Fsp3) is 0.280. The Bertz CT molecular complexity index is 1260. The predicted molar refractivity (Wildman–Crippen MR) is 132 cm³/mol. The van der Waals surface area contributed by atoms with Gasteiger partial charge in [-0.3, -0.25) is 14.7 Å². The Morgan fingerprint density at radius 1 is 1.00 bits per heavy atom. The molecule has 4 rings (SSSR count). The molecule has 4 aromatic rings. The lowest BCUT2D eigenvalue weighted by Gasteiger charge is -2.25. The van der Waals surface area contributed by atoms with Gasteiger partial charge in [0.25, 0.3) is 0 Å². The van der Waals surface area contributed by atoms with Crippen molar-refractivity contribution in [1.82, 2.24) is 19.7 Å². The normalized spacial score (nSPS) is 11.5. The molecule has 2 aromatic heterocycles. The lowest BCUT2D eigenvalue weighted by Crippen LogP contribution is -2.20. The molecule has 8 heteroatoms. The summed E-state index contributed by atoms with van der Waals surface area (Å²) < 4.78 is 12.7. The summed E-state index contributed by atoms with van der Waals surface area (Å²) in [6.07, 6.45) is 7.42. The first kappa shape index (κ1) is 22.3. The van der Waals surface area contributed by atoms with Gasteiger partial charge in [-0.2, -0.15) is 5.10 Å². The topological polar surface area (TPSA) is 77.7 Å². The molecule has 0 aliphatic rings. The maximum absolute atomic E-state index is 5.49. The lowest BCUT2D eigenvalue weighted by atomic mass is 10.2. The highest BCUT2D eigenvalue weighted by Gasteiger charge is 2.14. The monoisotopic (exact) mass is 444 g/mol. The summed E-state index contributed by atoms with van der Waals surface area (Å²) in [5, 5.41) is 4.24. The molecular formula is C25H28N6O2. The third-order valence-corrected chi connectivity index (χ3v) is 5.15. The van der Waals surface area contributed by atoms with Crippen molar-refractivity contribution in [2.75, 3.05) is 25.7 Å². The molecule has 0 amide bonds. The number of hydrogen-bond acceptors (Lipinski definition) is 7. The summed E-state index contributed by atoms with van der Waals surface area (Å²) in [5.41, 5.74) is 5.22. The second kappa shape index (κ2) is 9.68. The summed E-state index contributed by atoms with van der Waals surface area (Å²) in [6.45, 7) is 4.69. The van der Waals surface area contributed by atoms with E-state index in [2.05, 4.69) is 33.8 Å². The largest absolute Gasteiger partial charge is 0.497 e. The maximum Gasteiger partial charge on any atom is 0.124 e. The van der Waals surface area contributed by atoms with Crippen molar-refractivity contribution < 1.29 is 9.47 Å². The fourth-order valence-electron chi connectivity index (χ4n) is 3.51. The summed E-state index contributed by atoms with van der Waals surface area (Å²) in [6, 6.07) is 12.1.